The number of benzene rings is 1. The van der Waals surface area contributed by atoms with Crippen molar-refractivity contribution in [2.45, 2.75) is 19.4 Å². The van der Waals surface area contributed by atoms with Gasteiger partial charge in [0.05, 0.1) is 16.6 Å². The van der Waals surface area contributed by atoms with E-state index in [-0.39, 0.29) is 11.6 Å². The smallest absolute Gasteiger partial charge is 0.272 e. The Hall–Kier alpha value is -1.69. The number of hydrogen-bond donors (Lipinski definition) is 1. The van der Waals surface area contributed by atoms with E-state index in [0.717, 1.165) is 18.2 Å². The van der Waals surface area contributed by atoms with E-state index in [1.807, 2.05) is 0 Å². The van der Waals surface area contributed by atoms with E-state index >= 15 is 0 Å². The Morgan fingerprint density at radius 2 is 2.28 bits per heavy atom. The molecule has 0 aromatic heterocycles. The zero-order chi connectivity index (χ0) is 13.7. The Morgan fingerprint density at radius 3 is 2.78 bits per heavy atom. The SMILES string of the molecule is CC(CCCl)NC(=O)c1ccc([N+](=O)[O-])cc1F. The number of amides is 1. The normalized spacial score (nSPS) is 11.9. The van der Waals surface area contributed by atoms with Gasteiger partial charge in [0.15, 0.2) is 0 Å². The van der Waals surface area contributed by atoms with Crippen LogP contribution in [0, 0.1) is 15.9 Å². The predicted octanol–water partition coefficient (Wildman–Crippen LogP) is 2.48. The van der Waals surface area contributed by atoms with Crippen LogP contribution in [0.25, 0.3) is 0 Å². The Labute approximate surface area is 108 Å². The Bertz CT molecular complexity index is 468. The molecule has 1 aromatic rings. The van der Waals surface area contributed by atoms with Crippen LogP contribution < -0.4 is 5.32 Å². The number of nitrogens with one attached hydrogen (secondary N) is 1. The fraction of sp³-hybridized carbons (Fsp3) is 0.364. The Morgan fingerprint density at radius 1 is 1.61 bits per heavy atom. The molecule has 0 spiro atoms. The van der Waals surface area contributed by atoms with Gasteiger partial charge in [0.1, 0.15) is 5.82 Å². The van der Waals surface area contributed by atoms with Gasteiger partial charge in [-0.25, -0.2) is 4.39 Å². The third-order valence-corrected chi connectivity index (χ3v) is 2.55. The van der Waals surface area contributed by atoms with Crippen LogP contribution in [-0.4, -0.2) is 22.8 Å². The molecular weight excluding hydrogens is 263 g/mol. The average Bonchev–Trinajstić information content (AvgIpc) is 2.28. The van der Waals surface area contributed by atoms with Crippen molar-refractivity contribution in [2.75, 3.05) is 5.88 Å². The third-order valence-electron chi connectivity index (χ3n) is 2.33. The standard InChI is InChI=1S/C11H12ClFN2O3/c1-7(4-5-12)14-11(16)9-3-2-8(15(17)18)6-10(9)13/h2-3,6-7H,4-5H2,1H3,(H,14,16). The predicted molar refractivity (Wildman–Crippen MR) is 65.3 cm³/mol. The van der Waals surface area contributed by atoms with E-state index in [1.165, 1.54) is 0 Å². The number of hydrogen-bond acceptors (Lipinski definition) is 3. The van der Waals surface area contributed by atoms with Gasteiger partial charge in [0.25, 0.3) is 11.6 Å². The second-order valence-electron chi connectivity index (χ2n) is 3.77. The lowest BCUT2D eigenvalue weighted by Crippen LogP contribution is -2.33. The summed E-state index contributed by atoms with van der Waals surface area (Å²) in [4.78, 5) is 21.4. The second-order valence-corrected chi connectivity index (χ2v) is 4.15. The molecule has 1 aromatic carbocycles. The fourth-order valence-electron chi connectivity index (χ4n) is 1.34. The lowest BCUT2D eigenvalue weighted by atomic mass is 10.1. The van der Waals surface area contributed by atoms with Gasteiger partial charge in [0.2, 0.25) is 0 Å². The van der Waals surface area contributed by atoms with E-state index in [2.05, 4.69) is 5.32 Å². The van der Waals surface area contributed by atoms with Crippen LogP contribution in [-0.2, 0) is 0 Å². The number of alkyl halides is 1. The summed E-state index contributed by atoms with van der Waals surface area (Å²) in [5.41, 5.74) is -0.611. The van der Waals surface area contributed by atoms with Gasteiger partial charge in [-0.05, 0) is 19.4 Å². The summed E-state index contributed by atoms with van der Waals surface area (Å²) in [5, 5.41) is 13.0. The molecule has 0 fully saturated rings. The molecule has 5 nitrogen and oxygen atoms in total. The molecule has 1 rings (SSSR count). The van der Waals surface area contributed by atoms with Gasteiger partial charge < -0.3 is 5.32 Å². The summed E-state index contributed by atoms with van der Waals surface area (Å²) >= 11 is 5.51. The van der Waals surface area contributed by atoms with Crippen molar-refractivity contribution in [1.29, 1.82) is 0 Å². The van der Waals surface area contributed by atoms with Crippen LogP contribution in [0.15, 0.2) is 18.2 Å². The molecule has 0 aliphatic carbocycles. The number of nitrogens with zero attached hydrogens (tertiary/aromatic N) is 1. The maximum absolute atomic E-state index is 13.5. The maximum Gasteiger partial charge on any atom is 0.272 e. The Balaban J connectivity index is 2.84. The van der Waals surface area contributed by atoms with Gasteiger partial charge in [-0.3, -0.25) is 14.9 Å². The van der Waals surface area contributed by atoms with E-state index in [1.54, 1.807) is 6.92 Å². The minimum atomic E-state index is -0.917. The molecular formula is C11H12ClFN2O3. The molecule has 18 heavy (non-hydrogen) atoms. The molecule has 0 heterocycles. The van der Waals surface area contributed by atoms with Crippen molar-refractivity contribution in [1.82, 2.24) is 5.32 Å². The van der Waals surface area contributed by atoms with Crippen LogP contribution >= 0.6 is 11.6 Å². The highest BCUT2D eigenvalue weighted by Crippen LogP contribution is 2.16. The quantitative estimate of drug-likeness (QED) is 0.509. The lowest BCUT2D eigenvalue weighted by molar-refractivity contribution is -0.385. The second kappa shape index (κ2) is 6.30. The number of nitro benzene ring substituents is 1. The van der Waals surface area contributed by atoms with Gasteiger partial charge in [-0.1, -0.05) is 0 Å². The van der Waals surface area contributed by atoms with Gasteiger partial charge in [-0.2, -0.15) is 0 Å². The zero-order valence-corrected chi connectivity index (χ0v) is 10.4. The summed E-state index contributed by atoms with van der Waals surface area (Å²) in [5.74, 6) is -1.15. The highest BCUT2D eigenvalue weighted by Gasteiger charge is 2.17. The van der Waals surface area contributed by atoms with Crippen LogP contribution in [0.5, 0.6) is 0 Å². The van der Waals surface area contributed by atoms with Crippen LogP contribution in [0.3, 0.4) is 0 Å². The number of halogens is 2. The minimum absolute atomic E-state index is 0.190. The number of carbonyl (C=O) groups is 1. The fourth-order valence-corrected chi connectivity index (χ4v) is 1.67. The third kappa shape index (κ3) is 3.66. The molecule has 1 N–H and O–H groups in total. The van der Waals surface area contributed by atoms with Gasteiger partial charge >= 0.3 is 0 Å². The number of nitro groups is 1. The first kappa shape index (κ1) is 14.4. The molecule has 0 bridgehead atoms. The van der Waals surface area contributed by atoms with Crippen LogP contribution in [0.2, 0.25) is 0 Å². The van der Waals surface area contributed by atoms with Crippen LogP contribution in [0.1, 0.15) is 23.7 Å². The molecule has 0 radical (unpaired) electrons. The highest BCUT2D eigenvalue weighted by molar-refractivity contribution is 6.17. The van der Waals surface area contributed by atoms with Crippen molar-refractivity contribution >= 4 is 23.2 Å². The summed E-state index contributed by atoms with van der Waals surface area (Å²) in [6.45, 7) is 1.74. The summed E-state index contributed by atoms with van der Waals surface area (Å²) in [6.07, 6.45) is 0.557. The topological polar surface area (TPSA) is 72.2 Å². The molecule has 7 heteroatoms. The number of non-ortho nitro benzene ring substituents is 1. The first-order valence-corrected chi connectivity index (χ1v) is 5.80. The van der Waals surface area contributed by atoms with E-state index in [9.17, 15) is 19.3 Å². The number of carbonyl (C=O) groups excluding carboxylic acids is 1. The van der Waals surface area contributed by atoms with Crippen molar-refractivity contribution in [3.05, 3.63) is 39.7 Å². The average molecular weight is 275 g/mol. The van der Waals surface area contributed by atoms with E-state index in [4.69, 9.17) is 11.6 Å². The van der Waals surface area contributed by atoms with Gasteiger partial charge in [0, 0.05) is 18.0 Å². The molecule has 98 valence electrons. The zero-order valence-electron chi connectivity index (χ0n) is 9.65. The lowest BCUT2D eigenvalue weighted by Gasteiger charge is -2.12. The van der Waals surface area contributed by atoms with Crippen molar-refractivity contribution in [3.8, 4) is 0 Å². The Kier molecular flexibility index (Phi) is 5.03. The monoisotopic (exact) mass is 274 g/mol. The van der Waals surface area contributed by atoms with E-state index in [0.29, 0.717) is 12.3 Å². The van der Waals surface area contributed by atoms with Crippen LogP contribution in [0.4, 0.5) is 10.1 Å². The molecule has 0 saturated carbocycles. The van der Waals surface area contributed by atoms with Gasteiger partial charge in [-0.15, -0.1) is 11.6 Å². The first-order valence-electron chi connectivity index (χ1n) is 5.26. The molecule has 0 aliphatic rings. The summed E-state index contributed by atoms with van der Waals surface area (Å²) < 4.78 is 13.5. The summed E-state index contributed by atoms with van der Waals surface area (Å²) in [6, 6.07) is 2.71. The van der Waals surface area contributed by atoms with Crippen molar-refractivity contribution < 1.29 is 14.1 Å². The summed E-state index contributed by atoms with van der Waals surface area (Å²) in [7, 11) is 0. The van der Waals surface area contributed by atoms with Crippen molar-refractivity contribution in [2.24, 2.45) is 0 Å². The van der Waals surface area contributed by atoms with E-state index < -0.39 is 22.3 Å². The molecule has 0 aliphatic heterocycles. The highest BCUT2D eigenvalue weighted by atomic mass is 35.5. The largest absolute Gasteiger partial charge is 0.349 e. The minimum Gasteiger partial charge on any atom is -0.349 e. The molecule has 1 amide bonds. The first-order chi connectivity index (χ1) is 8.45. The molecule has 1 unspecified atom stereocenters. The number of rotatable bonds is 5. The molecule has 1 atom stereocenters. The maximum atomic E-state index is 13.5. The van der Waals surface area contributed by atoms with Crippen molar-refractivity contribution in [3.63, 3.8) is 0 Å². The molecule has 0 saturated heterocycles.